The van der Waals surface area contributed by atoms with Crippen LogP contribution < -0.4 is 0 Å². The van der Waals surface area contributed by atoms with E-state index in [1.807, 2.05) is 54.6 Å². The van der Waals surface area contributed by atoms with E-state index in [0.29, 0.717) is 0 Å². The first-order valence-electron chi connectivity index (χ1n) is 15.8. The van der Waals surface area contributed by atoms with Gasteiger partial charge in [-0.05, 0) is 41.1 Å². The SMILES string of the molecule is c1ccc(-c2nc3ccccc3nc2-n2c3cc4c5c(cccc5c3c3ccc5ccccc5c32)-c2nc3ccccc3nc2-4)cc1. The molecule has 0 N–H and O–H groups in total. The van der Waals surface area contributed by atoms with Gasteiger partial charge in [0.05, 0.1) is 44.5 Å². The Bertz CT molecular complexity index is 2960. The largest absolute Gasteiger partial charge is 0.291 e. The summed E-state index contributed by atoms with van der Waals surface area (Å²) in [5.74, 6) is 0.803. The normalized spacial score (nSPS) is 12.3. The number of hydrogen-bond donors (Lipinski definition) is 0. The maximum Gasteiger partial charge on any atom is 0.165 e. The van der Waals surface area contributed by atoms with Crippen molar-refractivity contribution in [3.63, 3.8) is 0 Å². The highest BCUT2D eigenvalue weighted by molar-refractivity contribution is 6.31. The molecule has 1 aliphatic rings. The molecule has 5 heteroatoms. The van der Waals surface area contributed by atoms with E-state index in [2.05, 4.69) is 89.5 Å². The monoisotopic (exact) mass is 597 g/mol. The molecule has 0 amide bonds. The summed E-state index contributed by atoms with van der Waals surface area (Å²) in [5, 5.41) is 7.11. The van der Waals surface area contributed by atoms with E-state index in [0.717, 1.165) is 72.7 Å². The smallest absolute Gasteiger partial charge is 0.165 e. The fourth-order valence-corrected chi connectivity index (χ4v) is 7.66. The standard InChI is InChI=1S/C42H23N5/c1-2-12-25(13-3-1)38-42(46-34-20-9-8-19-33(34)43-38)47-35-23-30-36-27(37(35)29-22-21-24-11-4-5-14-26(24)41(29)47)15-10-16-28(36)39-40(30)45-32-18-7-6-17-31(32)44-39/h1-23H. The van der Waals surface area contributed by atoms with Crippen molar-refractivity contribution in [2.75, 3.05) is 0 Å². The summed E-state index contributed by atoms with van der Waals surface area (Å²) in [6.45, 7) is 0. The van der Waals surface area contributed by atoms with Gasteiger partial charge in [0, 0.05) is 38.2 Å². The quantitative estimate of drug-likeness (QED) is 0.199. The predicted octanol–water partition coefficient (Wildman–Crippen LogP) is 10.3. The maximum absolute atomic E-state index is 5.41. The van der Waals surface area contributed by atoms with Gasteiger partial charge in [0.1, 0.15) is 5.69 Å². The second kappa shape index (κ2) is 9.05. The van der Waals surface area contributed by atoms with Crippen LogP contribution >= 0.6 is 0 Å². The summed E-state index contributed by atoms with van der Waals surface area (Å²) in [7, 11) is 0. The Labute approximate surface area is 268 Å². The number of benzene rings is 7. The van der Waals surface area contributed by atoms with Gasteiger partial charge >= 0.3 is 0 Å². The second-order valence-electron chi connectivity index (χ2n) is 12.2. The first-order chi connectivity index (χ1) is 23.3. The number of rotatable bonds is 2. The van der Waals surface area contributed by atoms with Gasteiger partial charge < -0.3 is 0 Å². The Morgan fingerprint density at radius 3 is 1.79 bits per heavy atom. The van der Waals surface area contributed by atoms with Gasteiger partial charge in [0.15, 0.2) is 5.82 Å². The zero-order valence-electron chi connectivity index (χ0n) is 25.0. The topological polar surface area (TPSA) is 56.5 Å². The van der Waals surface area contributed by atoms with E-state index in [4.69, 9.17) is 19.9 Å². The minimum atomic E-state index is 0.803. The molecule has 0 saturated carbocycles. The van der Waals surface area contributed by atoms with Gasteiger partial charge in [-0.2, -0.15) is 0 Å². The van der Waals surface area contributed by atoms with Crippen LogP contribution in [0.3, 0.4) is 0 Å². The van der Waals surface area contributed by atoms with Crippen LogP contribution in [-0.2, 0) is 0 Å². The van der Waals surface area contributed by atoms with E-state index >= 15 is 0 Å². The lowest BCUT2D eigenvalue weighted by atomic mass is 9.98. The van der Waals surface area contributed by atoms with E-state index in [1.165, 1.54) is 32.3 Å². The van der Waals surface area contributed by atoms with Crippen molar-refractivity contribution in [1.82, 2.24) is 24.5 Å². The van der Waals surface area contributed by atoms with Gasteiger partial charge in [-0.25, -0.2) is 19.9 Å². The molecule has 0 spiro atoms. The lowest BCUT2D eigenvalue weighted by Crippen LogP contribution is -2.04. The van der Waals surface area contributed by atoms with E-state index in [1.54, 1.807) is 0 Å². The molecule has 0 aliphatic heterocycles. The first-order valence-corrected chi connectivity index (χ1v) is 15.8. The summed E-state index contributed by atoms with van der Waals surface area (Å²) < 4.78 is 2.35. The van der Waals surface area contributed by atoms with Crippen LogP contribution in [0.15, 0.2) is 140 Å². The fraction of sp³-hybridized carbons (Fsp3) is 0. The van der Waals surface area contributed by atoms with Gasteiger partial charge in [-0.15, -0.1) is 0 Å². The van der Waals surface area contributed by atoms with Crippen molar-refractivity contribution in [1.29, 1.82) is 0 Å². The highest BCUT2D eigenvalue weighted by Crippen LogP contribution is 2.51. The molecule has 0 unspecified atom stereocenters. The summed E-state index contributed by atoms with van der Waals surface area (Å²) in [5.41, 5.74) is 11.7. The second-order valence-corrected chi connectivity index (χ2v) is 12.2. The van der Waals surface area contributed by atoms with Gasteiger partial charge in [-0.1, -0.05) is 109 Å². The predicted molar refractivity (Wildman–Crippen MR) is 192 cm³/mol. The van der Waals surface area contributed by atoms with Crippen molar-refractivity contribution >= 4 is 65.4 Å². The number of aromatic nitrogens is 5. The molecule has 3 heterocycles. The molecule has 0 atom stereocenters. The molecular formula is C42H23N5. The summed E-state index contributed by atoms with van der Waals surface area (Å²) in [6, 6.07) is 48.7. The zero-order chi connectivity index (χ0) is 30.6. The number of para-hydroxylation sites is 4. The van der Waals surface area contributed by atoms with E-state index < -0.39 is 0 Å². The first kappa shape index (κ1) is 24.8. The third-order valence-corrected chi connectivity index (χ3v) is 9.67. The average Bonchev–Trinajstić information content (AvgIpc) is 3.64. The van der Waals surface area contributed by atoms with Crippen LogP contribution in [0.4, 0.5) is 0 Å². The van der Waals surface area contributed by atoms with Gasteiger partial charge in [-0.3, -0.25) is 4.57 Å². The Kier molecular flexibility index (Phi) is 4.78. The Hall–Kier alpha value is -6.46. The van der Waals surface area contributed by atoms with Crippen LogP contribution in [0, 0.1) is 0 Å². The van der Waals surface area contributed by atoms with Gasteiger partial charge in [0.2, 0.25) is 0 Å². The summed E-state index contributed by atoms with van der Waals surface area (Å²) >= 11 is 0. The van der Waals surface area contributed by atoms with Crippen LogP contribution in [0.1, 0.15) is 0 Å². The third kappa shape index (κ3) is 3.32. The molecule has 7 aromatic carbocycles. The van der Waals surface area contributed by atoms with Crippen molar-refractivity contribution in [2.45, 2.75) is 0 Å². The number of fused-ring (bicyclic) bond motifs is 11. The molecular weight excluding hydrogens is 574 g/mol. The number of nitrogens with zero attached hydrogens (tertiary/aromatic N) is 5. The number of hydrogen-bond acceptors (Lipinski definition) is 4. The molecule has 0 saturated heterocycles. The van der Waals surface area contributed by atoms with E-state index in [9.17, 15) is 0 Å². The molecule has 5 nitrogen and oxygen atoms in total. The Balaban J connectivity index is 1.37. The van der Waals surface area contributed by atoms with Crippen molar-refractivity contribution in [3.05, 3.63) is 140 Å². The van der Waals surface area contributed by atoms with E-state index in [-0.39, 0.29) is 0 Å². The lowest BCUT2D eigenvalue weighted by Gasteiger charge is -2.15. The molecule has 0 bridgehead atoms. The molecule has 0 fully saturated rings. The summed E-state index contributed by atoms with van der Waals surface area (Å²) in [6.07, 6.45) is 0. The van der Waals surface area contributed by atoms with Crippen molar-refractivity contribution in [2.24, 2.45) is 0 Å². The van der Waals surface area contributed by atoms with Crippen LogP contribution in [0.5, 0.6) is 0 Å². The highest BCUT2D eigenvalue weighted by atomic mass is 15.1. The minimum Gasteiger partial charge on any atom is -0.291 e. The van der Waals surface area contributed by atoms with Crippen LogP contribution in [0.2, 0.25) is 0 Å². The minimum absolute atomic E-state index is 0.803. The maximum atomic E-state index is 5.41. The highest BCUT2D eigenvalue weighted by Gasteiger charge is 2.29. The van der Waals surface area contributed by atoms with Crippen molar-refractivity contribution in [3.8, 4) is 39.6 Å². The molecule has 47 heavy (non-hydrogen) atoms. The molecule has 3 aromatic heterocycles. The molecule has 10 aromatic rings. The third-order valence-electron chi connectivity index (χ3n) is 9.67. The molecule has 1 aliphatic carbocycles. The van der Waals surface area contributed by atoms with Crippen LogP contribution in [-0.4, -0.2) is 24.5 Å². The van der Waals surface area contributed by atoms with Crippen molar-refractivity contribution < 1.29 is 0 Å². The zero-order valence-corrected chi connectivity index (χ0v) is 25.0. The molecule has 216 valence electrons. The average molecular weight is 598 g/mol. The molecule has 0 radical (unpaired) electrons. The molecule has 11 rings (SSSR count). The van der Waals surface area contributed by atoms with Crippen LogP contribution in [0.25, 0.3) is 105 Å². The Morgan fingerprint density at radius 2 is 1.02 bits per heavy atom. The fourth-order valence-electron chi connectivity index (χ4n) is 7.66. The van der Waals surface area contributed by atoms with Gasteiger partial charge in [0.25, 0.3) is 0 Å². The summed E-state index contributed by atoms with van der Waals surface area (Å²) in [4.78, 5) is 21.0. The lowest BCUT2D eigenvalue weighted by molar-refractivity contribution is 1.08. The Morgan fingerprint density at radius 1 is 0.404 bits per heavy atom.